The molecule has 6 nitrogen and oxygen atoms in total. The molecule has 0 radical (unpaired) electrons. The maximum absolute atomic E-state index is 12.4. The Morgan fingerprint density at radius 2 is 1.22 bits per heavy atom. The molecule has 0 bridgehead atoms. The second-order valence-electron chi connectivity index (χ2n) is 7.05. The van der Waals surface area contributed by atoms with Crippen LogP contribution in [0.4, 0.5) is 0 Å². The van der Waals surface area contributed by atoms with Crippen molar-refractivity contribution in [1.29, 1.82) is 0 Å². The van der Waals surface area contributed by atoms with E-state index in [2.05, 4.69) is 0 Å². The normalized spacial score (nSPS) is 17.1. The largest absolute Gasteiger partial charge is 0.508 e. The van der Waals surface area contributed by atoms with Crippen LogP contribution in [-0.2, 0) is 27.8 Å². The topological polar surface area (TPSA) is 93.1 Å². The number of phenolic OH excluding ortho intramolecular Hbond substituents is 2. The fourth-order valence-electron chi connectivity index (χ4n) is 4.11. The van der Waals surface area contributed by atoms with Gasteiger partial charge in [-0.25, -0.2) is 0 Å². The number of phenols is 2. The van der Waals surface area contributed by atoms with E-state index in [-0.39, 0.29) is 35.8 Å². The lowest BCUT2D eigenvalue weighted by molar-refractivity contribution is -0.140. The van der Waals surface area contributed by atoms with Gasteiger partial charge in [0.05, 0.1) is 12.8 Å². The lowest BCUT2D eigenvalue weighted by atomic mass is 9.66. The molecule has 4 rings (SSSR count). The molecular weight excluding hydrogens is 348 g/mol. The number of aromatic hydroxyl groups is 2. The highest BCUT2D eigenvalue weighted by atomic mass is 16.5. The number of fused-ring (bicyclic) bond motifs is 4. The number of carbonyl (C=O) groups excluding carboxylic acids is 2. The first-order valence-electron chi connectivity index (χ1n) is 9.02. The van der Waals surface area contributed by atoms with E-state index >= 15 is 0 Å². The first-order valence-corrected chi connectivity index (χ1v) is 9.02. The molecule has 0 saturated carbocycles. The summed E-state index contributed by atoms with van der Waals surface area (Å²) in [6.45, 7) is 3.83. The van der Waals surface area contributed by atoms with Crippen LogP contribution in [0.15, 0.2) is 24.3 Å². The molecule has 2 N–H and O–H groups in total. The highest BCUT2D eigenvalue weighted by molar-refractivity contribution is 5.87. The summed E-state index contributed by atoms with van der Waals surface area (Å²) in [6, 6.07) is 6.48. The van der Waals surface area contributed by atoms with Gasteiger partial charge < -0.3 is 19.7 Å². The molecule has 2 aliphatic heterocycles. The molecule has 2 aliphatic rings. The van der Waals surface area contributed by atoms with Crippen LogP contribution in [0.5, 0.6) is 23.0 Å². The van der Waals surface area contributed by atoms with Crippen LogP contribution in [0.1, 0.15) is 48.9 Å². The van der Waals surface area contributed by atoms with Gasteiger partial charge in [0.1, 0.15) is 23.0 Å². The zero-order chi connectivity index (χ0) is 19.3. The van der Waals surface area contributed by atoms with Gasteiger partial charge in [0.15, 0.2) is 0 Å². The highest BCUT2D eigenvalue weighted by Crippen LogP contribution is 2.53. The van der Waals surface area contributed by atoms with Crippen LogP contribution in [-0.4, -0.2) is 22.2 Å². The summed E-state index contributed by atoms with van der Waals surface area (Å²) in [5, 5.41) is 20.4. The molecule has 0 saturated heterocycles. The van der Waals surface area contributed by atoms with Crippen molar-refractivity contribution < 1.29 is 29.3 Å². The van der Waals surface area contributed by atoms with Crippen LogP contribution in [0.2, 0.25) is 0 Å². The first-order chi connectivity index (χ1) is 12.9. The number of esters is 2. The molecule has 27 heavy (non-hydrogen) atoms. The fraction of sp³-hybridized carbons (Fsp3) is 0.333. The lowest BCUT2D eigenvalue weighted by Gasteiger charge is -2.41. The van der Waals surface area contributed by atoms with Gasteiger partial charge in [0.25, 0.3) is 0 Å². The second-order valence-corrected chi connectivity index (χ2v) is 7.05. The lowest BCUT2D eigenvalue weighted by Crippen LogP contribution is -2.42. The van der Waals surface area contributed by atoms with Crippen LogP contribution >= 0.6 is 0 Å². The van der Waals surface area contributed by atoms with Gasteiger partial charge in [-0.2, -0.15) is 0 Å². The first kappa shape index (κ1) is 17.4. The van der Waals surface area contributed by atoms with Gasteiger partial charge in [-0.05, 0) is 36.1 Å². The minimum atomic E-state index is -0.940. The number of hydrogen-bond donors (Lipinski definition) is 2. The fourth-order valence-corrected chi connectivity index (χ4v) is 4.11. The summed E-state index contributed by atoms with van der Waals surface area (Å²) in [6.07, 6.45) is 1.17. The molecule has 0 amide bonds. The molecule has 0 aromatic heterocycles. The highest BCUT2D eigenvalue weighted by Gasteiger charge is 2.50. The van der Waals surface area contributed by atoms with Crippen molar-refractivity contribution in [3.05, 3.63) is 46.5 Å². The third-order valence-electron chi connectivity index (χ3n) is 5.49. The van der Waals surface area contributed by atoms with Gasteiger partial charge in [0, 0.05) is 28.7 Å². The van der Waals surface area contributed by atoms with Crippen LogP contribution in [0.3, 0.4) is 0 Å². The summed E-state index contributed by atoms with van der Waals surface area (Å²) < 4.78 is 10.7. The van der Waals surface area contributed by atoms with Crippen molar-refractivity contribution in [2.45, 2.75) is 44.9 Å². The van der Waals surface area contributed by atoms with Gasteiger partial charge in [-0.15, -0.1) is 0 Å². The molecule has 2 aromatic carbocycles. The third kappa shape index (κ3) is 2.55. The van der Waals surface area contributed by atoms with Gasteiger partial charge in [0.2, 0.25) is 0 Å². The number of hydrogen-bond acceptors (Lipinski definition) is 6. The van der Waals surface area contributed by atoms with E-state index in [9.17, 15) is 19.8 Å². The van der Waals surface area contributed by atoms with Crippen molar-refractivity contribution in [2.24, 2.45) is 0 Å². The minimum Gasteiger partial charge on any atom is -0.508 e. The number of benzene rings is 2. The summed E-state index contributed by atoms with van der Waals surface area (Å²) in [7, 11) is 0. The molecule has 6 heteroatoms. The quantitative estimate of drug-likeness (QED) is 0.625. The van der Waals surface area contributed by atoms with E-state index in [1.165, 1.54) is 12.1 Å². The van der Waals surface area contributed by atoms with E-state index in [0.29, 0.717) is 35.1 Å². The number of aryl methyl sites for hydroxylation is 2. The number of ether oxygens (including phenoxy) is 2. The van der Waals surface area contributed by atoms with E-state index in [4.69, 9.17) is 9.47 Å². The Kier molecular flexibility index (Phi) is 3.87. The van der Waals surface area contributed by atoms with E-state index in [1.807, 2.05) is 13.8 Å². The van der Waals surface area contributed by atoms with E-state index in [1.54, 1.807) is 12.1 Å². The monoisotopic (exact) mass is 368 g/mol. The molecular formula is C21H20O6. The predicted octanol–water partition coefficient (Wildman–Crippen LogP) is 3.13. The van der Waals surface area contributed by atoms with Crippen LogP contribution < -0.4 is 9.47 Å². The molecule has 140 valence electrons. The maximum atomic E-state index is 12.4. The summed E-state index contributed by atoms with van der Waals surface area (Å²) in [4.78, 5) is 24.8. The molecule has 0 fully saturated rings. The average molecular weight is 368 g/mol. The standard InChI is InChI=1S/C21H20O6/c1-3-11-5-13-17(7-15(11)22)26-19(24)9-21(13)10-20(25)27-18-8-16(23)12(4-2)6-14(18)21/h5-8,22-23H,3-4,9-10H2,1-2H3. The molecule has 0 unspecified atom stereocenters. The van der Waals surface area contributed by atoms with Gasteiger partial charge >= 0.3 is 11.9 Å². The minimum absolute atomic E-state index is 0.00996. The van der Waals surface area contributed by atoms with E-state index in [0.717, 1.165) is 0 Å². The Bertz CT molecular complexity index is 896. The maximum Gasteiger partial charge on any atom is 0.312 e. The average Bonchev–Trinajstić information content (AvgIpc) is 2.60. The number of carbonyl (C=O) groups is 2. The Balaban J connectivity index is 2.04. The molecule has 1 spiro atoms. The van der Waals surface area contributed by atoms with Crippen LogP contribution in [0, 0.1) is 0 Å². The van der Waals surface area contributed by atoms with Gasteiger partial charge in [-0.1, -0.05) is 13.8 Å². The predicted molar refractivity (Wildman–Crippen MR) is 96.3 cm³/mol. The van der Waals surface area contributed by atoms with Crippen molar-refractivity contribution >= 4 is 11.9 Å². The number of rotatable bonds is 2. The third-order valence-corrected chi connectivity index (χ3v) is 5.49. The zero-order valence-corrected chi connectivity index (χ0v) is 15.2. The van der Waals surface area contributed by atoms with Crippen molar-refractivity contribution in [1.82, 2.24) is 0 Å². The molecule has 2 heterocycles. The SMILES string of the molecule is CCc1cc2c(cc1O)OC(=O)CC21CC(=O)Oc2cc(O)c(CC)cc21. The Hall–Kier alpha value is -3.02. The molecule has 0 atom stereocenters. The van der Waals surface area contributed by atoms with Crippen LogP contribution in [0.25, 0.3) is 0 Å². The molecule has 0 aliphatic carbocycles. The van der Waals surface area contributed by atoms with Crippen molar-refractivity contribution in [2.75, 3.05) is 0 Å². The Labute approximate surface area is 156 Å². The molecule has 2 aromatic rings. The van der Waals surface area contributed by atoms with E-state index < -0.39 is 17.4 Å². The van der Waals surface area contributed by atoms with Crippen molar-refractivity contribution in [3.63, 3.8) is 0 Å². The smallest absolute Gasteiger partial charge is 0.312 e. The van der Waals surface area contributed by atoms with Crippen molar-refractivity contribution in [3.8, 4) is 23.0 Å². The zero-order valence-electron chi connectivity index (χ0n) is 15.2. The second kappa shape index (κ2) is 6.01. The summed E-state index contributed by atoms with van der Waals surface area (Å²) in [5.74, 6) is -0.324. The Morgan fingerprint density at radius 1 is 0.815 bits per heavy atom. The Morgan fingerprint density at radius 3 is 1.59 bits per heavy atom. The van der Waals surface area contributed by atoms with Gasteiger partial charge in [-0.3, -0.25) is 9.59 Å². The summed E-state index contributed by atoms with van der Waals surface area (Å²) >= 11 is 0. The summed E-state index contributed by atoms with van der Waals surface area (Å²) in [5.41, 5.74) is 1.84.